The lowest BCUT2D eigenvalue weighted by Crippen LogP contribution is -2.58. The van der Waals surface area contributed by atoms with Crippen LogP contribution in [0.1, 0.15) is 65.2 Å². The fourth-order valence-electron chi connectivity index (χ4n) is 8.22. The molecular formula is C29H44FN3. The van der Waals surface area contributed by atoms with Crippen molar-refractivity contribution in [2.24, 2.45) is 29.6 Å². The zero-order valence-electron chi connectivity index (χ0n) is 20.9. The first-order valence-corrected chi connectivity index (χ1v) is 14.0. The van der Waals surface area contributed by atoms with Gasteiger partial charge in [-0.05, 0) is 99.3 Å². The highest BCUT2D eigenvalue weighted by atomic mass is 19.1. The summed E-state index contributed by atoms with van der Waals surface area (Å²) in [6.45, 7) is 12.4. The minimum atomic E-state index is -0.116. The predicted octanol–water partition coefficient (Wildman–Crippen LogP) is 5.65. The highest BCUT2D eigenvalue weighted by Crippen LogP contribution is 2.51. The summed E-state index contributed by atoms with van der Waals surface area (Å²) < 4.78 is 13.7. The zero-order valence-corrected chi connectivity index (χ0v) is 20.9. The van der Waals surface area contributed by atoms with E-state index >= 15 is 0 Å². The molecule has 3 nitrogen and oxygen atoms in total. The van der Waals surface area contributed by atoms with Crippen LogP contribution in [0.2, 0.25) is 0 Å². The summed E-state index contributed by atoms with van der Waals surface area (Å²) in [6, 6.07) is 8.22. The Morgan fingerprint density at radius 3 is 2.24 bits per heavy atom. The molecule has 2 aliphatic carbocycles. The summed E-state index contributed by atoms with van der Waals surface area (Å²) in [6.07, 6.45) is 11.1. The summed E-state index contributed by atoms with van der Waals surface area (Å²) in [5.74, 6) is 4.21. The molecule has 3 aliphatic heterocycles. The van der Waals surface area contributed by atoms with Crippen molar-refractivity contribution in [3.8, 4) is 0 Å². The Morgan fingerprint density at radius 2 is 1.61 bits per heavy atom. The first-order valence-electron chi connectivity index (χ1n) is 14.0. The van der Waals surface area contributed by atoms with Crippen LogP contribution in [0.3, 0.4) is 0 Å². The molecule has 2 atom stereocenters. The molecule has 3 saturated heterocycles. The van der Waals surface area contributed by atoms with Crippen LogP contribution >= 0.6 is 0 Å². The van der Waals surface area contributed by atoms with Gasteiger partial charge in [0, 0.05) is 62.5 Å². The Hall–Kier alpha value is -1.13. The smallest absolute Gasteiger partial charge is 0.123 e. The van der Waals surface area contributed by atoms with Crippen molar-refractivity contribution in [2.75, 3.05) is 44.2 Å². The molecule has 0 unspecified atom stereocenters. The van der Waals surface area contributed by atoms with E-state index < -0.39 is 0 Å². The fraction of sp³-hybridized carbons (Fsp3) is 0.793. The molecule has 5 fully saturated rings. The van der Waals surface area contributed by atoms with Gasteiger partial charge in [-0.25, -0.2) is 4.39 Å². The third-order valence-corrected chi connectivity index (χ3v) is 10.4. The molecule has 6 rings (SSSR count). The van der Waals surface area contributed by atoms with Crippen LogP contribution in [-0.4, -0.2) is 60.6 Å². The van der Waals surface area contributed by atoms with Gasteiger partial charge >= 0.3 is 0 Å². The second-order valence-electron chi connectivity index (χ2n) is 12.6. The lowest BCUT2D eigenvalue weighted by molar-refractivity contribution is 0.0634. The SMILES string of the molecule is CC(C)C1CCC(N2CCC3(CC2)[C@@H]2CN(CC4CC4)C[C@@H]2CN3c2ccc(F)cc2)CC1. The van der Waals surface area contributed by atoms with Crippen LogP contribution in [0.15, 0.2) is 24.3 Å². The van der Waals surface area contributed by atoms with Crippen molar-refractivity contribution in [1.29, 1.82) is 0 Å². The monoisotopic (exact) mass is 453 g/mol. The Labute approximate surface area is 200 Å². The topological polar surface area (TPSA) is 9.72 Å². The molecule has 5 aliphatic rings. The van der Waals surface area contributed by atoms with Crippen molar-refractivity contribution in [3.63, 3.8) is 0 Å². The van der Waals surface area contributed by atoms with E-state index in [1.165, 1.54) is 89.8 Å². The summed E-state index contributed by atoms with van der Waals surface area (Å²) >= 11 is 0. The Kier molecular flexibility index (Phi) is 5.97. The molecule has 3 heterocycles. The van der Waals surface area contributed by atoms with E-state index in [4.69, 9.17) is 0 Å². The lowest BCUT2D eigenvalue weighted by Gasteiger charge is -2.51. The summed E-state index contributed by atoms with van der Waals surface area (Å²) in [7, 11) is 0. The Morgan fingerprint density at radius 1 is 0.909 bits per heavy atom. The third kappa shape index (κ3) is 4.24. The maximum absolute atomic E-state index is 13.7. The van der Waals surface area contributed by atoms with Gasteiger partial charge in [-0.1, -0.05) is 13.8 Å². The summed E-state index contributed by atoms with van der Waals surface area (Å²) in [5, 5.41) is 0. The van der Waals surface area contributed by atoms with Crippen LogP contribution in [0.5, 0.6) is 0 Å². The van der Waals surface area contributed by atoms with E-state index in [9.17, 15) is 4.39 Å². The molecule has 182 valence electrons. The van der Waals surface area contributed by atoms with Crippen molar-refractivity contribution < 1.29 is 4.39 Å². The number of benzene rings is 1. The van der Waals surface area contributed by atoms with E-state index in [1.807, 2.05) is 12.1 Å². The molecule has 0 amide bonds. The van der Waals surface area contributed by atoms with Gasteiger partial charge in [-0.15, -0.1) is 0 Å². The molecule has 0 bridgehead atoms. The van der Waals surface area contributed by atoms with Crippen LogP contribution in [0.4, 0.5) is 10.1 Å². The van der Waals surface area contributed by atoms with E-state index in [0.29, 0.717) is 0 Å². The van der Waals surface area contributed by atoms with E-state index in [1.54, 1.807) is 12.1 Å². The summed E-state index contributed by atoms with van der Waals surface area (Å²) in [5.41, 5.74) is 1.53. The van der Waals surface area contributed by atoms with Gasteiger partial charge in [0.1, 0.15) is 5.82 Å². The van der Waals surface area contributed by atoms with E-state index in [2.05, 4.69) is 28.5 Å². The number of likely N-dealkylation sites (tertiary alicyclic amines) is 2. The number of rotatable bonds is 5. The lowest BCUT2D eigenvalue weighted by atomic mass is 9.73. The number of anilines is 1. The normalized spacial score (nSPS) is 35.0. The molecule has 1 aromatic rings. The number of hydrogen-bond donors (Lipinski definition) is 0. The first kappa shape index (κ1) is 22.3. The predicted molar refractivity (Wildman–Crippen MR) is 134 cm³/mol. The van der Waals surface area contributed by atoms with Crippen molar-refractivity contribution in [2.45, 2.75) is 76.8 Å². The molecule has 1 spiro atoms. The van der Waals surface area contributed by atoms with Gasteiger partial charge in [0.2, 0.25) is 0 Å². The Bertz CT molecular complexity index is 803. The maximum Gasteiger partial charge on any atom is 0.123 e. The minimum absolute atomic E-state index is 0.116. The zero-order chi connectivity index (χ0) is 22.6. The van der Waals surface area contributed by atoms with E-state index in [0.717, 1.165) is 42.2 Å². The molecule has 1 aromatic carbocycles. The number of piperidine rings is 1. The molecule has 33 heavy (non-hydrogen) atoms. The Balaban J connectivity index is 1.18. The van der Waals surface area contributed by atoms with Crippen molar-refractivity contribution >= 4 is 5.69 Å². The highest BCUT2D eigenvalue weighted by molar-refractivity contribution is 5.52. The molecule has 0 radical (unpaired) electrons. The van der Waals surface area contributed by atoms with Crippen LogP contribution in [0, 0.1) is 35.4 Å². The average molecular weight is 454 g/mol. The van der Waals surface area contributed by atoms with Gasteiger partial charge < -0.3 is 14.7 Å². The number of halogens is 1. The van der Waals surface area contributed by atoms with Crippen LogP contribution < -0.4 is 4.90 Å². The first-order chi connectivity index (χ1) is 16.0. The molecule has 2 saturated carbocycles. The maximum atomic E-state index is 13.7. The fourth-order valence-corrected chi connectivity index (χ4v) is 8.22. The number of hydrogen-bond acceptors (Lipinski definition) is 3. The van der Waals surface area contributed by atoms with Crippen molar-refractivity contribution in [1.82, 2.24) is 9.80 Å². The standard InChI is InChI=1S/C29H44FN3/c1-21(2)23-5-9-26(10-6-23)32-15-13-29(14-16-32)28-20-31(17-22-3-4-22)18-24(28)19-33(29)27-11-7-25(30)8-12-27/h7-8,11-12,21-24,26,28H,3-6,9-10,13-20H2,1-2H3/t23?,24-,26?,28-/m1/s1. The second kappa shape index (κ2) is 8.82. The van der Waals surface area contributed by atoms with Gasteiger partial charge in [-0.3, -0.25) is 0 Å². The quantitative estimate of drug-likeness (QED) is 0.570. The highest BCUT2D eigenvalue weighted by Gasteiger charge is 2.57. The van der Waals surface area contributed by atoms with E-state index in [-0.39, 0.29) is 11.4 Å². The van der Waals surface area contributed by atoms with Gasteiger partial charge in [0.25, 0.3) is 0 Å². The summed E-state index contributed by atoms with van der Waals surface area (Å²) in [4.78, 5) is 8.40. The number of nitrogens with zero attached hydrogens (tertiary/aromatic N) is 3. The second-order valence-corrected chi connectivity index (χ2v) is 12.6. The van der Waals surface area contributed by atoms with Crippen LogP contribution in [0.25, 0.3) is 0 Å². The average Bonchev–Trinajstić information content (AvgIpc) is 3.48. The number of fused-ring (bicyclic) bond motifs is 2. The van der Waals surface area contributed by atoms with Crippen LogP contribution in [-0.2, 0) is 0 Å². The van der Waals surface area contributed by atoms with Crippen molar-refractivity contribution in [3.05, 3.63) is 30.1 Å². The van der Waals surface area contributed by atoms with Gasteiger partial charge in [0.15, 0.2) is 0 Å². The largest absolute Gasteiger partial charge is 0.365 e. The molecular weight excluding hydrogens is 409 g/mol. The molecule has 4 heteroatoms. The third-order valence-electron chi connectivity index (χ3n) is 10.4. The molecule has 0 aromatic heterocycles. The molecule has 0 N–H and O–H groups in total. The minimum Gasteiger partial charge on any atom is -0.365 e. The van der Waals surface area contributed by atoms with Gasteiger partial charge in [-0.2, -0.15) is 0 Å². The van der Waals surface area contributed by atoms with Gasteiger partial charge in [0.05, 0.1) is 0 Å².